The van der Waals surface area contributed by atoms with Gasteiger partial charge in [-0.1, -0.05) is 60.7 Å². The van der Waals surface area contributed by atoms with Crippen molar-refractivity contribution in [2.45, 2.75) is 71.1 Å². The van der Waals surface area contributed by atoms with Crippen LogP contribution in [0.15, 0.2) is 86.1 Å². The molecule has 0 saturated carbocycles. The highest BCUT2D eigenvalue weighted by atomic mass is 16.6. The SMILES string of the molecule is C=CC[C@H](CC(=O)N(CCO)Cc1ccccc1)C(=O)N[C@@H](COC(=O)[C@@H](CC=C)CC(=O)OC(C)(C)C)Cc1c[nH]c2ccccc12. The lowest BCUT2D eigenvalue weighted by atomic mass is 9.97. The van der Waals surface area contributed by atoms with Crippen molar-refractivity contribution in [2.75, 3.05) is 19.8 Å². The number of H-pyrrole nitrogens is 1. The van der Waals surface area contributed by atoms with Gasteiger partial charge in [0.1, 0.15) is 12.2 Å². The van der Waals surface area contributed by atoms with Gasteiger partial charge in [-0.05, 0) is 57.2 Å². The van der Waals surface area contributed by atoms with E-state index in [0.29, 0.717) is 13.0 Å². The Morgan fingerprint density at radius 2 is 1.62 bits per heavy atom. The molecule has 10 heteroatoms. The number of nitrogens with one attached hydrogen (secondary N) is 2. The van der Waals surface area contributed by atoms with Crippen molar-refractivity contribution >= 4 is 34.7 Å². The second kappa shape index (κ2) is 18.6. The summed E-state index contributed by atoms with van der Waals surface area (Å²) in [5.74, 6) is -3.32. The van der Waals surface area contributed by atoms with Gasteiger partial charge in [0.25, 0.3) is 0 Å². The number of para-hydroxylation sites is 1. The summed E-state index contributed by atoms with van der Waals surface area (Å²) < 4.78 is 11.1. The van der Waals surface area contributed by atoms with Crippen LogP contribution in [0.2, 0.25) is 0 Å². The zero-order chi connectivity index (χ0) is 35.1. The van der Waals surface area contributed by atoms with Crippen molar-refractivity contribution in [1.82, 2.24) is 15.2 Å². The number of ether oxygens (including phenoxy) is 2. The number of amides is 2. The van der Waals surface area contributed by atoms with Gasteiger partial charge in [0.15, 0.2) is 0 Å². The Hall–Kier alpha value is -4.70. The summed E-state index contributed by atoms with van der Waals surface area (Å²) in [6.45, 7) is 12.8. The number of aromatic amines is 1. The molecule has 10 nitrogen and oxygen atoms in total. The summed E-state index contributed by atoms with van der Waals surface area (Å²) in [6.07, 6.45) is 5.53. The third-order valence-electron chi connectivity index (χ3n) is 7.71. The van der Waals surface area contributed by atoms with Gasteiger partial charge in [-0.3, -0.25) is 19.2 Å². The molecule has 3 aromatic rings. The first-order chi connectivity index (χ1) is 22.9. The highest BCUT2D eigenvalue weighted by Crippen LogP contribution is 2.22. The second-order valence-corrected chi connectivity index (χ2v) is 12.9. The maximum atomic E-state index is 13.8. The molecule has 0 spiro atoms. The number of carbonyl (C=O) groups is 4. The molecule has 0 radical (unpaired) electrons. The predicted octanol–water partition coefficient (Wildman–Crippen LogP) is 5.27. The first-order valence-corrected chi connectivity index (χ1v) is 16.3. The number of benzene rings is 2. The fraction of sp³-hybridized carbons (Fsp3) is 0.421. The minimum atomic E-state index is -0.796. The first kappa shape index (κ1) is 37.8. The molecule has 3 N–H and O–H groups in total. The van der Waals surface area contributed by atoms with Crippen LogP contribution in [0.4, 0.5) is 0 Å². The van der Waals surface area contributed by atoms with E-state index in [9.17, 15) is 24.3 Å². The van der Waals surface area contributed by atoms with Crippen molar-refractivity contribution in [3.8, 4) is 0 Å². The number of aliphatic hydroxyl groups excluding tert-OH is 1. The van der Waals surface area contributed by atoms with Gasteiger partial charge < -0.3 is 29.8 Å². The maximum absolute atomic E-state index is 13.8. The maximum Gasteiger partial charge on any atom is 0.309 e. The number of allylic oxidation sites excluding steroid dienone is 2. The number of fused-ring (bicyclic) bond motifs is 1. The van der Waals surface area contributed by atoms with E-state index in [1.54, 1.807) is 32.9 Å². The smallest absolute Gasteiger partial charge is 0.309 e. The second-order valence-electron chi connectivity index (χ2n) is 12.9. The molecule has 0 bridgehead atoms. The highest BCUT2D eigenvalue weighted by molar-refractivity contribution is 5.87. The van der Waals surface area contributed by atoms with Crippen LogP contribution in [0.5, 0.6) is 0 Å². The number of aliphatic hydroxyl groups is 1. The lowest BCUT2D eigenvalue weighted by Crippen LogP contribution is -2.45. The molecule has 0 unspecified atom stereocenters. The van der Waals surface area contributed by atoms with Gasteiger partial charge in [-0.2, -0.15) is 0 Å². The Labute approximate surface area is 283 Å². The fourth-order valence-electron chi connectivity index (χ4n) is 5.43. The standard InChI is InChI=1S/C38H49N3O7/c1-6-13-28(22-34(43)41(19-20-42)25-27-15-9-8-10-16-27)36(45)40-31(21-30-24-39-33-18-12-11-17-32(30)33)26-47-37(46)29(14-7-2)23-35(44)48-38(3,4)5/h6-12,15-18,24,28-29,31,39,42H,1-2,13-14,19-23,25-26H2,3-5H3,(H,40,45)/t28-,29+,31-/m1/s1. The molecule has 0 aliphatic carbocycles. The van der Waals surface area contributed by atoms with Gasteiger partial charge in [0.05, 0.1) is 30.9 Å². The molecule has 0 aliphatic rings. The number of carbonyl (C=O) groups excluding carboxylic acids is 4. The third kappa shape index (κ3) is 12.2. The van der Waals surface area contributed by atoms with Crippen LogP contribution in [0.3, 0.4) is 0 Å². The van der Waals surface area contributed by atoms with E-state index >= 15 is 0 Å². The van der Waals surface area contributed by atoms with Crippen molar-refractivity contribution in [3.63, 3.8) is 0 Å². The van der Waals surface area contributed by atoms with Crippen molar-refractivity contribution < 1.29 is 33.8 Å². The molecule has 0 fully saturated rings. The Morgan fingerprint density at radius 1 is 0.958 bits per heavy atom. The lowest BCUT2D eigenvalue weighted by Gasteiger charge is -2.26. The molecule has 0 aliphatic heterocycles. The van der Waals surface area contributed by atoms with Gasteiger partial charge in [-0.25, -0.2) is 0 Å². The van der Waals surface area contributed by atoms with E-state index in [4.69, 9.17) is 9.47 Å². The van der Waals surface area contributed by atoms with E-state index < -0.39 is 35.4 Å². The molecular weight excluding hydrogens is 610 g/mol. The number of rotatable bonds is 19. The van der Waals surface area contributed by atoms with Crippen LogP contribution < -0.4 is 5.32 Å². The highest BCUT2D eigenvalue weighted by Gasteiger charge is 2.29. The largest absolute Gasteiger partial charge is 0.463 e. The van der Waals surface area contributed by atoms with E-state index in [1.807, 2.05) is 60.8 Å². The average molecular weight is 660 g/mol. The molecule has 48 heavy (non-hydrogen) atoms. The van der Waals surface area contributed by atoms with Gasteiger partial charge in [0, 0.05) is 36.6 Å². The predicted molar refractivity (Wildman–Crippen MR) is 186 cm³/mol. The number of aromatic nitrogens is 1. The number of nitrogens with zero attached hydrogens (tertiary/aromatic N) is 1. The van der Waals surface area contributed by atoms with E-state index in [0.717, 1.165) is 22.0 Å². The molecule has 3 atom stereocenters. The topological polar surface area (TPSA) is 138 Å². The quantitative estimate of drug-likeness (QED) is 0.118. The van der Waals surface area contributed by atoms with Crippen LogP contribution in [0, 0.1) is 11.8 Å². The molecule has 1 aromatic heterocycles. The average Bonchev–Trinajstić information content (AvgIpc) is 3.45. The Balaban J connectivity index is 1.77. The van der Waals surface area contributed by atoms with Crippen molar-refractivity contribution in [2.24, 2.45) is 11.8 Å². The van der Waals surface area contributed by atoms with E-state index in [2.05, 4.69) is 23.5 Å². The molecule has 258 valence electrons. The first-order valence-electron chi connectivity index (χ1n) is 16.3. The van der Waals surface area contributed by atoms with Crippen molar-refractivity contribution in [1.29, 1.82) is 0 Å². The zero-order valence-electron chi connectivity index (χ0n) is 28.3. The molecule has 2 amide bonds. The van der Waals surface area contributed by atoms with E-state index in [-0.39, 0.29) is 57.3 Å². The molecule has 0 saturated heterocycles. The van der Waals surface area contributed by atoms with Gasteiger partial charge >= 0.3 is 11.9 Å². The van der Waals surface area contributed by atoms with E-state index in [1.165, 1.54) is 4.90 Å². The minimum Gasteiger partial charge on any atom is -0.463 e. The number of esters is 2. The Morgan fingerprint density at radius 3 is 2.29 bits per heavy atom. The summed E-state index contributed by atoms with van der Waals surface area (Å²) >= 11 is 0. The van der Waals surface area contributed by atoms with Crippen molar-refractivity contribution in [3.05, 3.63) is 97.2 Å². The molecular formula is C38H49N3O7. The summed E-state index contributed by atoms with van der Waals surface area (Å²) in [5, 5.41) is 13.6. The fourth-order valence-corrected chi connectivity index (χ4v) is 5.43. The summed E-state index contributed by atoms with van der Waals surface area (Å²) in [6, 6.07) is 16.5. The number of hydrogen-bond acceptors (Lipinski definition) is 7. The van der Waals surface area contributed by atoms with Crippen LogP contribution in [-0.2, 0) is 41.6 Å². The zero-order valence-corrected chi connectivity index (χ0v) is 28.3. The van der Waals surface area contributed by atoms with Crippen LogP contribution in [-0.4, -0.2) is 70.1 Å². The van der Waals surface area contributed by atoms with Gasteiger partial charge in [-0.15, -0.1) is 13.2 Å². The molecule has 3 rings (SSSR count). The summed E-state index contributed by atoms with van der Waals surface area (Å²) in [7, 11) is 0. The number of hydrogen-bond donors (Lipinski definition) is 3. The summed E-state index contributed by atoms with van der Waals surface area (Å²) in [4.78, 5) is 57.7. The minimum absolute atomic E-state index is 0.0957. The van der Waals surface area contributed by atoms with Crippen LogP contribution in [0.1, 0.15) is 57.6 Å². The van der Waals surface area contributed by atoms with Crippen LogP contribution in [0.25, 0.3) is 10.9 Å². The molecule has 2 aromatic carbocycles. The Bertz CT molecular complexity index is 1530. The third-order valence-corrected chi connectivity index (χ3v) is 7.71. The summed E-state index contributed by atoms with van der Waals surface area (Å²) in [5.41, 5.74) is 2.05. The lowest BCUT2D eigenvalue weighted by molar-refractivity contribution is -0.161. The Kier molecular flexibility index (Phi) is 14.6. The van der Waals surface area contributed by atoms with Gasteiger partial charge in [0.2, 0.25) is 11.8 Å². The molecule has 1 heterocycles. The normalized spacial score (nSPS) is 13.2. The monoisotopic (exact) mass is 659 g/mol. The van der Waals surface area contributed by atoms with Crippen LogP contribution >= 0.6 is 0 Å².